The second kappa shape index (κ2) is 6.97. The lowest BCUT2D eigenvalue weighted by Crippen LogP contribution is -2.38. The molecule has 1 N–H and O–H groups in total. The van der Waals surface area contributed by atoms with E-state index in [1.165, 1.54) is 0 Å². The molecule has 2 aromatic heterocycles. The van der Waals surface area contributed by atoms with E-state index in [0.717, 1.165) is 28.5 Å². The van der Waals surface area contributed by atoms with Gasteiger partial charge in [-0.1, -0.05) is 41.7 Å². The van der Waals surface area contributed by atoms with Crippen molar-refractivity contribution in [2.45, 2.75) is 32.5 Å². The number of benzene rings is 1. The molecule has 0 saturated heterocycles. The number of nitrogens with zero attached hydrogens (tertiary/aromatic N) is 5. The van der Waals surface area contributed by atoms with Crippen molar-refractivity contribution in [3.63, 3.8) is 0 Å². The topological polar surface area (TPSA) is 84.1 Å². The van der Waals surface area contributed by atoms with Crippen molar-refractivity contribution >= 4 is 17.4 Å². The van der Waals surface area contributed by atoms with Gasteiger partial charge in [0.25, 0.3) is 5.91 Å². The summed E-state index contributed by atoms with van der Waals surface area (Å²) in [6.45, 7) is 3.62. The number of fused-ring (bicyclic) bond motifs is 1. The first kappa shape index (κ1) is 16.9. The van der Waals surface area contributed by atoms with E-state index in [4.69, 9.17) is 0 Å². The predicted octanol–water partition coefficient (Wildman–Crippen LogP) is 2.03. The fourth-order valence-corrected chi connectivity index (χ4v) is 3.87. The first-order chi connectivity index (χ1) is 12.7. The van der Waals surface area contributed by atoms with Gasteiger partial charge in [0.1, 0.15) is 11.0 Å². The average molecular weight is 369 g/mol. The van der Waals surface area contributed by atoms with Crippen LogP contribution in [0.15, 0.2) is 36.4 Å². The van der Waals surface area contributed by atoms with Gasteiger partial charge in [-0.2, -0.15) is 5.10 Å². The van der Waals surface area contributed by atoms with E-state index in [1.54, 1.807) is 4.90 Å². The Morgan fingerprint density at radius 3 is 2.88 bits per heavy atom. The maximum atomic E-state index is 12.8. The molecule has 0 bridgehead atoms. The van der Waals surface area contributed by atoms with Crippen LogP contribution in [0.4, 0.5) is 0 Å². The van der Waals surface area contributed by atoms with Crippen LogP contribution >= 0.6 is 11.5 Å². The van der Waals surface area contributed by atoms with Gasteiger partial charge in [-0.05, 0) is 29.6 Å². The first-order valence-electron chi connectivity index (χ1n) is 8.57. The summed E-state index contributed by atoms with van der Waals surface area (Å²) < 4.78 is 5.78. The molecule has 0 fully saturated rings. The van der Waals surface area contributed by atoms with Gasteiger partial charge in [-0.15, -0.1) is 5.10 Å². The number of hydrogen-bond donors (Lipinski definition) is 1. The summed E-state index contributed by atoms with van der Waals surface area (Å²) in [5, 5.41) is 19.1. The zero-order valence-corrected chi connectivity index (χ0v) is 15.2. The largest absolute Gasteiger partial charge is 0.382 e. The van der Waals surface area contributed by atoms with Crippen LogP contribution in [-0.4, -0.2) is 41.8 Å². The quantitative estimate of drug-likeness (QED) is 0.761. The zero-order valence-electron chi connectivity index (χ0n) is 14.4. The number of hydrogen-bond acceptors (Lipinski definition) is 6. The minimum atomic E-state index is -0.768. The highest BCUT2D eigenvalue weighted by molar-refractivity contribution is 7.08. The molecule has 134 valence electrons. The van der Waals surface area contributed by atoms with Gasteiger partial charge in [0.15, 0.2) is 0 Å². The molecule has 3 aromatic rings. The standard InChI is InChI=1S/C18H19N5O2S/c1-2-14-17(26-21-19-14)18(25)22-8-9-23-13(11-22)10-15(20-23)16(24)12-6-4-3-5-7-12/h3-7,10,16,24H,2,8-9,11H2,1H3/t16-/m0/s1. The predicted molar refractivity (Wildman–Crippen MR) is 96.8 cm³/mol. The second-order valence-electron chi connectivity index (χ2n) is 6.23. The summed E-state index contributed by atoms with van der Waals surface area (Å²) in [6, 6.07) is 11.3. The number of aromatic nitrogens is 4. The summed E-state index contributed by atoms with van der Waals surface area (Å²) in [5.41, 5.74) is 3.08. The molecule has 26 heavy (non-hydrogen) atoms. The van der Waals surface area contributed by atoms with Crippen LogP contribution < -0.4 is 0 Å². The van der Waals surface area contributed by atoms with Crippen LogP contribution in [0.25, 0.3) is 0 Å². The molecule has 0 spiro atoms. The van der Waals surface area contributed by atoms with Gasteiger partial charge in [0, 0.05) is 6.54 Å². The molecule has 1 aromatic carbocycles. The van der Waals surface area contributed by atoms with Crippen molar-refractivity contribution in [2.75, 3.05) is 6.54 Å². The number of amides is 1. The third kappa shape index (κ3) is 3.02. The molecular formula is C18H19N5O2S. The number of carbonyl (C=O) groups is 1. The Kier molecular flexibility index (Phi) is 4.52. The summed E-state index contributed by atoms with van der Waals surface area (Å²) in [5.74, 6) is -0.0329. The van der Waals surface area contributed by atoms with E-state index in [0.29, 0.717) is 36.6 Å². The molecule has 4 rings (SSSR count). The fourth-order valence-electron chi connectivity index (χ4n) is 3.15. The van der Waals surface area contributed by atoms with E-state index in [1.807, 2.05) is 48.0 Å². The summed E-state index contributed by atoms with van der Waals surface area (Å²) in [7, 11) is 0. The summed E-state index contributed by atoms with van der Waals surface area (Å²) >= 11 is 1.15. The van der Waals surface area contributed by atoms with Crippen molar-refractivity contribution < 1.29 is 9.90 Å². The van der Waals surface area contributed by atoms with Crippen molar-refractivity contribution in [1.29, 1.82) is 0 Å². The van der Waals surface area contributed by atoms with Crippen LogP contribution in [-0.2, 0) is 19.5 Å². The Labute approximate surface area is 155 Å². The third-order valence-corrected chi connectivity index (χ3v) is 5.34. The van der Waals surface area contributed by atoms with Crippen LogP contribution in [0.2, 0.25) is 0 Å². The monoisotopic (exact) mass is 369 g/mol. The van der Waals surface area contributed by atoms with Gasteiger partial charge < -0.3 is 10.0 Å². The van der Waals surface area contributed by atoms with E-state index < -0.39 is 6.10 Å². The summed E-state index contributed by atoms with van der Waals surface area (Å²) in [4.78, 5) is 15.2. The van der Waals surface area contributed by atoms with Crippen molar-refractivity contribution in [1.82, 2.24) is 24.3 Å². The molecule has 1 amide bonds. The average Bonchev–Trinajstić information content (AvgIpc) is 3.33. The van der Waals surface area contributed by atoms with E-state index >= 15 is 0 Å². The first-order valence-corrected chi connectivity index (χ1v) is 9.35. The lowest BCUT2D eigenvalue weighted by atomic mass is 10.1. The van der Waals surface area contributed by atoms with Crippen LogP contribution in [0.5, 0.6) is 0 Å². The lowest BCUT2D eigenvalue weighted by molar-refractivity contribution is 0.0709. The van der Waals surface area contributed by atoms with E-state index in [9.17, 15) is 9.90 Å². The maximum absolute atomic E-state index is 12.8. The van der Waals surface area contributed by atoms with Gasteiger partial charge in [0.2, 0.25) is 0 Å². The van der Waals surface area contributed by atoms with Crippen LogP contribution in [0.1, 0.15) is 45.3 Å². The number of carbonyl (C=O) groups excluding carboxylic acids is 1. The third-order valence-electron chi connectivity index (χ3n) is 4.58. The minimum absolute atomic E-state index is 0.0329. The van der Waals surface area contributed by atoms with E-state index in [2.05, 4.69) is 14.7 Å². The van der Waals surface area contributed by atoms with Crippen molar-refractivity contribution in [3.05, 3.63) is 63.9 Å². The molecule has 1 aliphatic heterocycles. The number of aliphatic hydroxyl groups is 1. The molecule has 0 radical (unpaired) electrons. The van der Waals surface area contributed by atoms with Crippen molar-refractivity contribution in [3.8, 4) is 0 Å². The lowest BCUT2D eigenvalue weighted by Gasteiger charge is -2.27. The van der Waals surface area contributed by atoms with Gasteiger partial charge in [-0.25, -0.2) is 0 Å². The Bertz CT molecular complexity index is 921. The molecule has 3 heterocycles. The highest BCUT2D eigenvalue weighted by Gasteiger charge is 2.27. The molecular weight excluding hydrogens is 350 g/mol. The molecule has 1 aliphatic rings. The molecule has 1 atom stereocenters. The zero-order chi connectivity index (χ0) is 18.1. The number of aryl methyl sites for hydroxylation is 1. The highest BCUT2D eigenvalue weighted by Crippen LogP contribution is 2.25. The highest BCUT2D eigenvalue weighted by atomic mass is 32.1. The molecule has 0 aliphatic carbocycles. The van der Waals surface area contributed by atoms with Crippen LogP contribution in [0.3, 0.4) is 0 Å². The maximum Gasteiger partial charge on any atom is 0.267 e. The van der Waals surface area contributed by atoms with Gasteiger partial charge in [-0.3, -0.25) is 9.48 Å². The minimum Gasteiger partial charge on any atom is -0.382 e. The summed E-state index contributed by atoms with van der Waals surface area (Å²) in [6.07, 6.45) is -0.0765. The molecule has 0 unspecified atom stereocenters. The van der Waals surface area contributed by atoms with Gasteiger partial charge >= 0.3 is 0 Å². The molecule has 8 heteroatoms. The van der Waals surface area contributed by atoms with E-state index in [-0.39, 0.29) is 5.91 Å². The van der Waals surface area contributed by atoms with Gasteiger partial charge in [0.05, 0.1) is 30.2 Å². The second-order valence-corrected chi connectivity index (χ2v) is 6.98. The smallest absolute Gasteiger partial charge is 0.267 e. The fraction of sp³-hybridized carbons (Fsp3) is 0.333. The van der Waals surface area contributed by atoms with Crippen molar-refractivity contribution in [2.24, 2.45) is 0 Å². The molecule has 0 saturated carbocycles. The molecule has 7 nitrogen and oxygen atoms in total. The Balaban J connectivity index is 1.54. The Hall–Kier alpha value is -2.58. The number of rotatable bonds is 4. The Morgan fingerprint density at radius 1 is 1.31 bits per heavy atom. The Morgan fingerprint density at radius 2 is 2.12 bits per heavy atom. The SMILES string of the molecule is CCc1nnsc1C(=O)N1CCn2nc([C@@H](O)c3ccccc3)cc2C1. The van der Waals surface area contributed by atoms with Crippen LogP contribution in [0, 0.1) is 0 Å². The normalized spacial score (nSPS) is 14.9. The number of aliphatic hydroxyl groups excluding tert-OH is 1.